The Morgan fingerprint density at radius 3 is 2.36 bits per heavy atom. The summed E-state index contributed by atoms with van der Waals surface area (Å²) in [6.45, 7) is 0.514. The highest BCUT2D eigenvalue weighted by molar-refractivity contribution is 6.24. The lowest BCUT2D eigenvalue weighted by Crippen LogP contribution is -2.63. The third-order valence-electron chi connectivity index (χ3n) is 8.91. The molecule has 0 unspecified atom stereocenters. The first-order valence-electron chi connectivity index (χ1n) is 13.2. The first-order valence-corrected chi connectivity index (χ1v) is 13.2. The number of phenolic OH excluding ortho intramolecular Hbond substituents is 1. The largest absolute Gasteiger partial charge is 0.510 e. The number of anilines is 1. The minimum absolute atomic E-state index is 0.0203. The van der Waals surface area contributed by atoms with E-state index >= 15 is 0 Å². The number of aliphatic hydroxyl groups is 3. The zero-order valence-electron chi connectivity index (χ0n) is 22.6. The summed E-state index contributed by atoms with van der Waals surface area (Å²) >= 11 is 0. The number of phenols is 1. The number of aliphatic hydroxyl groups excluding tert-OH is 2. The fourth-order valence-corrected chi connectivity index (χ4v) is 6.93. The van der Waals surface area contributed by atoms with Gasteiger partial charge in [-0.3, -0.25) is 19.3 Å². The van der Waals surface area contributed by atoms with Crippen LogP contribution in [0.3, 0.4) is 0 Å². The van der Waals surface area contributed by atoms with Gasteiger partial charge in [-0.1, -0.05) is 6.42 Å². The Labute approximate surface area is 226 Å². The van der Waals surface area contributed by atoms with Gasteiger partial charge in [0.05, 0.1) is 11.6 Å². The van der Waals surface area contributed by atoms with E-state index in [1.165, 1.54) is 6.42 Å². The van der Waals surface area contributed by atoms with Crippen LogP contribution in [-0.2, 0) is 22.6 Å². The maximum atomic E-state index is 13.9. The third kappa shape index (κ3) is 3.86. The molecular formula is C28H36N4O7. The van der Waals surface area contributed by atoms with Crippen LogP contribution in [0.4, 0.5) is 5.69 Å². The Bertz CT molecular complexity index is 1340. The maximum Gasteiger partial charge on any atom is 0.255 e. The summed E-state index contributed by atoms with van der Waals surface area (Å²) in [6, 6.07) is 0.950. The lowest BCUT2D eigenvalue weighted by Gasteiger charge is -2.50. The number of aromatic hydroxyl groups is 1. The number of nitrogens with two attached hydrogens (primary N) is 1. The molecule has 4 aliphatic rings. The average Bonchev–Trinajstić information content (AvgIpc) is 2.79. The first kappa shape index (κ1) is 27.2. The van der Waals surface area contributed by atoms with Crippen LogP contribution in [-0.4, -0.2) is 88.7 Å². The molecule has 11 nitrogen and oxygen atoms in total. The lowest BCUT2D eigenvalue weighted by atomic mass is 9.58. The predicted octanol–water partition coefficient (Wildman–Crippen LogP) is 0.829. The van der Waals surface area contributed by atoms with Gasteiger partial charge < -0.3 is 36.4 Å². The number of carbonyl (C=O) groups is 3. The van der Waals surface area contributed by atoms with E-state index in [9.17, 15) is 34.8 Å². The van der Waals surface area contributed by atoms with Crippen LogP contribution in [0, 0.1) is 11.8 Å². The minimum atomic E-state index is -2.64. The zero-order chi connectivity index (χ0) is 28.5. The highest BCUT2D eigenvalue weighted by Gasteiger charge is 2.63. The summed E-state index contributed by atoms with van der Waals surface area (Å²) in [4.78, 5) is 42.9. The monoisotopic (exact) mass is 540 g/mol. The number of nitrogens with one attached hydrogen (secondary N) is 1. The zero-order valence-corrected chi connectivity index (χ0v) is 22.6. The molecule has 210 valence electrons. The molecule has 1 aromatic rings. The molecule has 5 rings (SSSR count). The molecule has 0 bridgehead atoms. The molecule has 1 amide bonds. The van der Waals surface area contributed by atoms with Crippen molar-refractivity contribution in [2.45, 2.75) is 56.3 Å². The highest BCUT2D eigenvalue weighted by Crippen LogP contribution is 2.53. The number of carbonyl (C=O) groups excluding carboxylic acids is 3. The average molecular weight is 541 g/mol. The minimum Gasteiger partial charge on any atom is -0.510 e. The van der Waals surface area contributed by atoms with E-state index in [1.807, 2.05) is 19.0 Å². The maximum absolute atomic E-state index is 13.9. The van der Waals surface area contributed by atoms with Gasteiger partial charge in [-0.2, -0.15) is 0 Å². The third-order valence-corrected chi connectivity index (χ3v) is 8.91. The number of Topliss-reactive ketones (excluding diaryl/α,β-unsaturated/α-hetero) is 2. The highest BCUT2D eigenvalue weighted by atomic mass is 16.3. The fourth-order valence-electron chi connectivity index (χ4n) is 6.93. The van der Waals surface area contributed by atoms with E-state index in [-0.39, 0.29) is 29.7 Å². The van der Waals surface area contributed by atoms with Crippen LogP contribution >= 0.6 is 0 Å². The number of likely N-dealkylation sites (N-methyl/N-ethyl adjacent to an activating group) is 1. The predicted molar refractivity (Wildman–Crippen MR) is 142 cm³/mol. The van der Waals surface area contributed by atoms with Crippen molar-refractivity contribution in [1.29, 1.82) is 0 Å². The van der Waals surface area contributed by atoms with Gasteiger partial charge >= 0.3 is 0 Å². The van der Waals surface area contributed by atoms with Crippen LogP contribution in [0.25, 0.3) is 0 Å². The van der Waals surface area contributed by atoms with E-state index < -0.39 is 58.0 Å². The molecule has 0 heterocycles. The normalized spacial score (nSPS) is 28.7. The number of ketones is 2. The number of benzene rings is 1. The smallest absolute Gasteiger partial charge is 0.255 e. The molecule has 39 heavy (non-hydrogen) atoms. The molecule has 7 N–H and O–H groups in total. The van der Waals surface area contributed by atoms with E-state index in [2.05, 4.69) is 5.32 Å². The Balaban J connectivity index is 1.66. The number of rotatable bonds is 6. The van der Waals surface area contributed by atoms with Crippen molar-refractivity contribution < 1.29 is 34.8 Å². The molecule has 0 radical (unpaired) electrons. The van der Waals surface area contributed by atoms with Crippen molar-refractivity contribution in [2.24, 2.45) is 17.6 Å². The summed E-state index contributed by atoms with van der Waals surface area (Å²) in [5.41, 5.74) is 4.05. The van der Waals surface area contributed by atoms with Crippen LogP contribution in [0.1, 0.15) is 47.2 Å². The fraction of sp³-hybridized carbons (Fsp3) is 0.536. The summed E-state index contributed by atoms with van der Waals surface area (Å²) in [6.07, 6.45) is 3.68. The molecule has 0 saturated heterocycles. The van der Waals surface area contributed by atoms with Crippen molar-refractivity contribution in [2.75, 3.05) is 33.1 Å². The Morgan fingerprint density at radius 1 is 1.15 bits per heavy atom. The van der Waals surface area contributed by atoms with Crippen molar-refractivity contribution >= 4 is 23.2 Å². The van der Waals surface area contributed by atoms with Gasteiger partial charge in [-0.25, -0.2) is 0 Å². The molecule has 0 aromatic heterocycles. The lowest BCUT2D eigenvalue weighted by molar-refractivity contribution is -0.148. The van der Waals surface area contributed by atoms with Crippen molar-refractivity contribution in [3.63, 3.8) is 0 Å². The van der Waals surface area contributed by atoms with Crippen molar-refractivity contribution in [3.05, 3.63) is 45.4 Å². The van der Waals surface area contributed by atoms with Crippen LogP contribution < -0.4 is 16.0 Å². The number of hydrogen-bond acceptors (Lipinski definition) is 10. The molecule has 1 fully saturated rings. The van der Waals surface area contributed by atoms with Gasteiger partial charge in [0.15, 0.2) is 11.4 Å². The van der Waals surface area contributed by atoms with Gasteiger partial charge in [0.2, 0.25) is 5.78 Å². The molecule has 1 aromatic carbocycles. The molecule has 0 aliphatic heterocycles. The van der Waals surface area contributed by atoms with Crippen molar-refractivity contribution in [1.82, 2.24) is 10.2 Å². The number of allylic oxidation sites excluding steroid dienone is 1. The SMILES string of the molecule is CN(C)c1c(CNC2CCC2)cc(O)c2c1C[C@H]1C[C@H]3[C@H](N(C)C)C(O)=C(C(N)=O)C(=O)[C@@]3(O)C(O)=C1C2=O. The molecule has 1 saturated carbocycles. The topological polar surface area (TPSA) is 177 Å². The summed E-state index contributed by atoms with van der Waals surface area (Å²) in [7, 11) is 6.94. The van der Waals surface area contributed by atoms with Gasteiger partial charge in [0.25, 0.3) is 5.91 Å². The van der Waals surface area contributed by atoms with Gasteiger partial charge in [0.1, 0.15) is 22.8 Å². The molecule has 0 spiro atoms. The Kier molecular flexibility index (Phi) is 6.52. The second-order valence-corrected chi connectivity index (χ2v) is 11.6. The van der Waals surface area contributed by atoms with E-state index in [1.54, 1.807) is 25.1 Å². The Morgan fingerprint density at radius 2 is 1.82 bits per heavy atom. The molecule has 4 atom stereocenters. The number of fused-ring (bicyclic) bond motifs is 3. The number of nitrogens with zero attached hydrogens (tertiary/aromatic N) is 2. The molecule has 4 aliphatic carbocycles. The summed E-state index contributed by atoms with van der Waals surface area (Å²) in [5, 5.41) is 48.6. The van der Waals surface area contributed by atoms with E-state index in [4.69, 9.17) is 5.73 Å². The second-order valence-electron chi connectivity index (χ2n) is 11.6. The summed E-state index contributed by atoms with van der Waals surface area (Å²) in [5.74, 6) is -6.51. The first-order chi connectivity index (χ1) is 18.3. The number of amides is 1. The van der Waals surface area contributed by atoms with E-state index in [0.29, 0.717) is 18.2 Å². The number of hydrogen-bond donors (Lipinski definition) is 6. The van der Waals surface area contributed by atoms with Gasteiger partial charge in [-0.15, -0.1) is 0 Å². The van der Waals surface area contributed by atoms with Crippen LogP contribution in [0.5, 0.6) is 5.75 Å². The summed E-state index contributed by atoms with van der Waals surface area (Å²) < 4.78 is 0. The van der Waals surface area contributed by atoms with Gasteiger partial charge in [0, 0.05) is 43.9 Å². The quantitative estimate of drug-likeness (QED) is 0.283. The molecular weight excluding hydrogens is 504 g/mol. The molecule has 11 heteroatoms. The Hall–Kier alpha value is -3.41. The van der Waals surface area contributed by atoms with Crippen molar-refractivity contribution in [3.8, 4) is 5.75 Å². The van der Waals surface area contributed by atoms with E-state index in [0.717, 1.165) is 24.1 Å². The second kappa shape index (κ2) is 9.35. The van der Waals surface area contributed by atoms with Crippen LogP contribution in [0.15, 0.2) is 28.7 Å². The van der Waals surface area contributed by atoms with Gasteiger partial charge in [-0.05, 0) is 62.9 Å². The standard InChI is InChI=1S/C28H36N4O7/c1-31(2)21-13(11-30-14-6-5-7-14)10-17(33)19-15(21)8-12-9-16-22(32(3)4)24(35)20(27(29)38)26(37)28(16,39)25(36)18(12)23(19)34/h10,12,14,16,22,30,33,35-36,39H,5-9,11H2,1-4H3,(H2,29,38)/t12-,16-,22-,28-/m0/s1. The van der Waals surface area contributed by atoms with Crippen LogP contribution in [0.2, 0.25) is 0 Å². The number of primary amides is 1.